The largest absolute Gasteiger partial charge is 0.466 e. The predicted octanol–water partition coefficient (Wildman–Crippen LogP) is 3.39. The number of pyridine rings is 1. The molecule has 144 valence electrons. The quantitative estimate of drug-likeness (QED) is 0.146. The number of esters is 2. The number of hydrogen-bond acceptors (Lipinski definition) is 6. The molecule has 2 aromatic rings. The number of carbonyl (C=O) groups is 2. The average molecular weight is 411 g/mol. The van der Waals surface area contributed by atoms with Crippen molar-refractivity contribution < 1.29 is 45.4 Å². The minimum atomic E-state index is -2.30. The molecule has 0 spiro atoms. The van der Waals surface area contributed by atoms with Gasteiger partial charge in [0.25, 0.3) is 5.95 Å². The molecule has 0 amide bonds. The Kier molecular flexibility index (Phi) is 5.98. The molecule has 0 aliphatic rings. The van der Waals surface area contributed by atoms with E-state index in [1.165, 1.54) is 0 Å². The van der Waals surface area contributed by atoms with E-state index in [-0.39, 0.29) is 11.8 Å². The molecular formula is C15H7F6NO4S. The topological polar surface area (TPSA) is 65.5 Å². The molecule has 0 radical (unpaired) electrons. The molecule has 1 aromatic carbocycles. The number of thioether (sulfide) groups is 1. The Morgan fingerprint density at radius 1 is 0.889 bits per heavy atom. The van der Waals surface area contributed by atoms with Crippen LogP contribution in [0.3, 0.4) is 0 Å². The van der Waals surface area contributed by atoms with E-state index >= 15 is 0 Å². The standard InChI is InChI=1S/C15H7F6NO4S/c1-25-5(23)3-4(15(24)26-2)27-13-6-7(16)8(17)9(18)10(19)12(6)22-14(21)11(13)20/h3H,1-2H3. The van der Waals surface area contributed by atoms with Gasteiger partial charge >= 0.3 is 11.9 Å². The maximum absolute atomic E-state index is 14.2. The number of halogens is 6. The third-order valence-electron chi connectivity index (χ3n) is 3.11. The number of benzene rings is 1. The van der Waals surface area contributed by atoms with E-state index in [4.69, 9.17) is 0 Å². The first-order valence-corrected chi connectivity index (χ1v) is 7.52. The highest BCUT2D eigenvalue weighted by atomic mass is 32.2. The molecule has 0 saturated carbocycles. The highest BCUT2D eigenvalue weighted by Gasteiger charge is 2.29. The zero-order valence-electron chi connectivity index (χ0n) is 13.3. The molecule has 12 heteroatoms. The highest BCUT2D eigenvalue weighted by molar-refractivity contribution is 8.04. The average Bonchev–Trinajstić information content (AvgIpc) is 2.66. The summed E-state index contributed by atoms with van der Waals surface area (Å²) in [5.41, 5.74) is -1.35. The Hall–Kier alpha value is -2.76. The van der Waals surface area contributed by atoms with Gasteiger partial charge in [0.1, 0.15) is 10.4 Å². The van der Waals surface area contributed by atoms with E-state index in [9.17, 15) is 35.9 Å². The van der Waals surface area contributed by atoms with Crippen LogP contribution in [0.4, 0.5) is 26.3 Å². The molecule has 0 aliphatic heterocycles. The van der Waals surface area contributed by atoms with E-state index < -0.39 is 67.7 Å². The third-order valence-corrected chi connectivity index (χ3v) is 4.20. The van der Waals surface area contributed by atoms with Gasteiger partial charge in [-0.15, -0.1) is 0 Å². The van der Waals surface area contributed by atoms with Crippen LogP contribution in [0.25, 0.3) is 10.9 Å². The van der Waals surface area contributed by atoms with Crippen molar-refractivity contribution >= 4 is 34.6 Å². The number of methoxy groups -OCH3 is 2. The molecule has 0 bridgehead atoms. The van der Waals surface area contributed by atoms with Gasteiger partial charge in [-0.25, -0.2) is 36.5 Å². The van der Waals surface area contributed by atoms with Crippen molar-refractivity contribution in [3.63, 3.8) is 0 Å². The van der Waals surface area contributed by atoms with Gasteiger partial charge in [-0.3, -0.25) is 0 Å². The SMILES string of the molecule is COC(=O)C=C(Sc1c(F)c(F)nc2c(F)c(F)c(F)c(F)c12)C(=O)OC. The Morgan fingerprint density at radius 2 is 1.48 bits per heavy atom. The van der Waals surface area contributed by atoms with E-state index in [0.717, 1.165) is 14.2 Å². The summed E-state index contributed by atoms with van der Waals surface area (Å²) in [6, 6.07) is 0. The van der Waals surface area contributed by atoms with Crippen LogP contribution in [0.1, 0.15) is 0 Å². The van der Waals surface area contributed by atoms with Crippen LogP contribution in [0.2, 0.25) is 0 Å². The molecule has 5 nitrogen and oxygen atoms in total. The molecule has 0 aliphatic carbocycles. The summed E-state index contributed by atoms with van der Waals surface area (Å²) in [6.45, 7) is 0. The Labute approximate surface area is 150 Å². The number of carbonyl (C=O) groups excluding carboxylic acids is 2. The van der Waals surface area contributed by atoms with Crippen molar-refractivity contribution in [1.82, 2.24) is 4.98 Å². The predicted molar refractivity (Wildman–Crippen MR) is 79.5 cm³/mol. The Bertz CT molecular complexity index is 995. The first-order chi connectivity index (χ1) is 12.6. The normalized spacial score (nSPS) is 11.6. The van der Waals surface area contributed by atoms with E-state index in [0.29, 0.717) is 6.08 Å². The molecular weight excluding hydrogens is 404 g/mol. The van der Waals surface area contributed by atoms with Gasteiger partial charge in [-0.1, -0.05) is 11.8 Å². The minimum Gasteiger partial charge on any atom is -0.466 e. The molecule has 0 saturated heterocycles. The summed E-state index contributed by atoms with van der Waals surface area (Å²) in [6.07, 6.45) is 0.494. The maximum Gasteiger partial charge on any atom is 0.344 e. The van der Waals surface area contributed by atoms with Gasteiger partial charge in [-0.2, -0.15) is 4.39 Å². The number of hydrogen-bond donors (Lipinski definition) is 0. The van der Waals surface area contributed by atoms with Crippen LogP contribution in [-0.2, 0) is 19.1 Å². The first-order valence-electron chi connectivity index (χ1n) is 6.70. The van der Waals surface area contributed by atoms with Crippen LogP contribution >= 0.6 is 11.8 Å². The van der Waals surface area contributed by atoms with Crippen LogP contribution in [0.15, 0.2) is 15.9 Å². The fraction of sp³-hybridized carbons (Fsp3) is 0.133. The van der Waals surface area contributed by atoms with E-state index in [2.05, 4.69) is 14.5 Å². The molecule has 0 atom stereocenters. The van der Waals surface area contributed by atoms with Gasteiger partial charge in [-0.05, 0) is 0 Å². The molecule has 0 fully saturated rings. The zero-order valence-corrected chi connectivity index (χ0v) is 14.2. The summed E-state index contributed by atoms with van der Waals surface area (Å²) >= 11 is -0.0922. The summed E-state index contributed by atoms with van der Waals surface area (Å²) in [7, 11) is 1.82. The lowest BCUT2D eigenvalue weighted by atomic mass is 10.2. The molecule has 1 aromatic heterocycles. The second-order valence-corrected chi connectivity index (χ2v) is 5.70. The number of nitrogens with zero attached hydrogens (tertiary/aromatic N) is 1. The van der Waals surface area contributed by atoms with Crippen molar-refractivity contribution in [3.8, 4) is 0 Å². The van der Waals surface area contributed by atoms with Gasteiger partial charge in [0.15, 0.2) is 29.1 Å². The Balaban J connectivity index is 2.84. The van der Waals surface area contributed by atoms with Crippen molar-refractivity contribution in [2.45, 2.75) is 4.90 Å². The fourth-order valence-electron chi connectivity index (χ4n) is 1.89. The van der Waals surface area contributed by atoms with Gasteiger partial charge in [0.05, 0.1) is 24.5 Å². The van der Waals surface area contributed by atoms with E-state index in [1.54, 1.807) is 0 Å². The lowest BCUT2D eigenvalue weighted by Crippen LogP contribution is -2.08. The number of ether oxygens (including phenoxy) is 2. The minimum absolute atomic E-state index is 0.0922. The molecule has 0 unspecified atom stereocenters. The van der Waals surface area contributed by atoms with Crippen molar-refractivity contribution in [2.24, 2.45) is 0 Å². The van der Waals surface area contributed by atoms with Crippen molar-refractivity contribution in [2.75, 3.05) is 14.2 Å². The first kappa shape index (κ1) is 20.6. The number of rotatable bonds is 4. The number of fused-ring (bicyclic) bond motifs is 1. The smallest absolute Gasteiger partial charge is 0.344 e. The van der Waals surface area contributed by atoms with Gasteiger partial charge < -0.3 is 9.47 Å². The Morgan fingerprint density at radius 3 is 2.04 bits per heavy atom. The van der Waals surface area contributed by atoms with Crippen molar-refractivity contribution in [3.05, 3.63) is 46.0 Å². The van der Waals surface area contributed by atoms with Gasteiger partial charge in [0, 0.05) is 6.08 Å². The van der Waals surface area contributed by atoms with Gasteiger partial charge in [0.2, 0.25) is 0 Å². The molecule has 1 heterocycles. The van der Waals surface area contributed by atoms with Crippen LogP contribution in [0, 0.1) is 35.0 Å². The zero-order chi connectivity index (χ0) is 20.5. The number of aromatic nitrogens is 1. The monoisotopic (exact) mass is 411 g/mol. The molecule has 2 rings (SSSR count). The van der Waals surface area contributed by atoms with E-state index in [1.807, 2.05) is 0 Å². The summed E-state index contributed by atoms with van der Waals surface area (Å²) in [5.74, 6) is -15.0. The summed E-state index contributed by atoms with van der Waals surface area (Å²) < 4.78 is 91.3. The molecule has 0 N–H and O–H groups in total. The molecule has 27 heavy (non-hydrogen) atoms. The summed E-state index contributed by atoms with van der Waals surface area (Å²) in [5, 5.41) is -1.27. The fourth-order valence-corrected chi connectivity index (χ4v) is 2.89. The second-order valence-electron chi connectivity index (χ2n) is 4.65. The third kappa shape index (κ3) is 3.70. The van der Waals surface area contributed by atoms with Crippen molar-refractivity contribution in [1.29, 1.82) is 0 Å². The lowest BCUT2D eigenvalue weighted by Gasteiger charge is -2.12. The maximum atomic E-state index is 14.2. The van der Waals surface area contributed by atoms with Crippen LogP contribution in [-0.4, -0.2) is 31.1 Å². The highest BCUT2D eigenvalue weighted by Crippen LogP contribution is 2.39. The summed E-state index contributed by atoms with van der Waals surface area (Å²) in [4.78, 5) is 23.9. The van der Waals surface area contributed by atoms with Crippen LogP contribution in [0.5, 0.6) is 0 Å². The lowest BCUT2D eigenvalue weighted by molar-refractivity contribution is -0.137. The second kappa shape index (κ2) is 7.86. The van der Waals surface area contributed by atoms with Crippen LogP contribution < -0.4 is 0 Å².